The van der Waals surface area contributed by atoms with Gasteiger partial charge in [0.15, 0.2) is 0 Å². The molecule has 0 aliphatic carbocycles. The van der Waals surface area contributed by atoms with Gasteiger partial charge < -0.3 is 0 Å². The Hall–Kier alpha value is -2.80. The van der Waals surface area contributed by atoms with Crippen molar-refractivity contribution in [1.82, 2.24) is 0 Å². The molecule has 0 bridgehead atoms. The first-order chi connectivity index (χ1) is 22.9. The third-order valence-electron chi connectivity index (χ3n) is 10.5. The first-order valence-corrected chi connectivity index (χ1v) is 21.5. The van der Waals surface area contributed by atoms with Crippen molar-refractivity contribution >= 4 is 40.0 Å². The second-order valence-corrected chi connectivity index (χ2v) is 18.6. The van der Waals surface area contributed by atoms with Crippen LogP contribution >= 0.6 is 0 Å². The average molecular weight is 726 g/mol. The number of rotatable bonds is 14. The van der Waals surface area contributed by atoms with E-state index in [0.29, 0.717) is 0 Å². The summed E-state index contributed by atoms with van der Waals surface area (Å²) in [7, 11) is -2.24. The van der Waals surface area contributed by atoms with Crippen molar-refractivity contribution in [2.24, 2.45) is 0 Å². The predicted octanol–water partition coefficient (Wildman–Crippen LogP) is 12.2. The summed E-state index contributed by atoms with van der Waals surface area (Å²) in [6, 6.07) is 38.1. The van der Waals surface area contributed by atoms with Crippen LogP contribution in [-0.2, 0) is 51.9 Å². The average Bonchev–Trinajstić information content (AvgIpc) is 3.67. The first-order valence-electron chi connectivity index (χ1n) is 18.5. The summed E-state index contributed by atoms with van der Waals surface area (Å²) in [5.74, 6) is 0. The molecule has 6 aromatic rings. The molecular weight excluding hydrogens is 672 g/mol. The number of aryl methyl sites for hydroxylation is 4. The standard InChI is InChI=1S/C46H54Si.Zr/c1-7-11-17-39-31-37-19-13-21-41(35-27-23-33(15-9-3)24-28-35)43(37)45(39)47(5,6)46-40(18-12-8-2)32-38-20-14-22-42(44(38)46)36-29-25-34(16-10-4)26-30-36;/h13-14,19-32H,7-12,15-18H2,1-6H3;/q-2;+2. The van der Waals surface area contributed by atoms with Gasteiger partial charge in [0.25, 0.3) is 0 Å². The largest absolute Gasteiger partial charge is 2.00 e. The van der Waals surface area contributed by atoms with E-state index < -0.39 is 8.07 Å². The molecule has 2 heteroatoms. The molecule has 0 saturated carbocycles. The van der Waals surface area contributed by atoms with Gasteiger partial charge in [-0.25, -0.2) is 0 Å². The zero-order valence-corrected chi connectivity index (χ0v) is 33.8. The van der Waals surface area contributed by atoms with E-state index in [0.717, 1.165) is 25.7 Å². The van der Waals surface area contributed by atoms with Gasteiger partial charge in [-0.2, -0.15) is 10.4 Å². The van der Waals surface area contributed by atoms with Crippen molar-refractivity contribution in [3.8, 4) is 22.3 Å². The summed E-state index contributed by atoms with van der Waals surface area (Å²) in [5, 5.41) is 9.20. The second-order valence-electron chi connectivity index (χ2n) is 14.4. The van der Waals surface area contributed by atoms with Crippen LogP contribution in [0, 0.1) is 0 Å². The van der Waals surface area contributed by atoms with Gasteiger partial charge in [0, 0.05) is 8.07 Å². The molecule has 0 aliphatic rings. The normalized spacial score (nSPS) is 11.8. The monoisotopic (exact) mass is 724 g/mol. The molecule has 0 spiro atoms. The van der Waals surface area contributed by atoms with Gasteiger partial charge >= 0.3 is 26.2 Å². The minimum Gasteiger partial charge on any atom is -0.158 e. The summed E-state index contributed by atoms with van der Waals surface area (Å²) in [4.78, 5) is 0. The van der Waals surface area contributed by atoms with Crippen LogP contribution < -0.4 is 10.4 Å². The van der Waals surface area contributed by atoms with Crippen molar-refractivity contribution in [2.45, 2.75) is 105 Å². The van der Waals surface area contributed by atoms with E-state index in [1.165, 1.54) is 93.5 Å². The Morgan fingerprint density at radius 1 is 0.479 bits per heavy atom. The van der Waals surface area contributed by atoms with Gasteiger partial charge in [0.2, 0.25) is 0 Å². The van der Waals surface area contributed by atoms with Crippen molar-refractivity contribution in [3.05, 3.63) is 119 Å². The smallest absolute Gasteiger partial charge is 0.158 e. The molecule has 48 heavy (non-hydrogen) atoms. The van der Waals surface area contributed by atoms with Crippen molar-refractivity contribution in [3.63, 3.8) is 0 Å². The molecule has 0 radical (unpaired) electrons. The van der Waals surface area contributed by atoms with Crippen LogP contribution in [0.1, 0.15) is 88.5 Å². The Morgan fingerprint density at radius 3 is 1.23 bits per heavy atom. The fourth-order valence-electron chi connectivity index (χ4n) is 8.22. The number of unbranched alkanes of at least 4 members (excludes halogenated alkanes) is 2. The molecule has 0 aromatic heterocycles. The van der Waals surface area contributed by atoms with Crippen molar-refractivity contribution in [2.75, 3.05) is 0 Å². The van der Waals surface area contributed by atoms with Crippen molar-refractivity contribution in [1.29, 1.82) is 0 Å². The maximum Gasteiger partial charge on any atom is 2.00 e. The minimum atomic E-state index is -2.24. The minimum absolute atomic E-state index is 0. The third-order valence-corrected chi connectivity index (χ3v) is 14.1. The van der Waals surface area contributed by atoms with Crippen LogP contribution in [0.25, 0.3) is 43.8 Å². The zero-order valence-electron chi connectivity index (χ0n) is 30.3. The fraction of sp³-hybridized carbons (Fsp3) is 0.348. The molecule has 0 unspecified atom stereocenters. The number of hydrogen-bond acceptors (Lipinski definition) is 0. The number of benzene rings is 4. The van der Waals surface area contributed by atoms with Crippen LogP contribution in [0.5, 0.6) is 0 Å². The van der Waals surface area contributed by atoms with Crippen LogP contribution in [0.2, 0.25) is 13.1 Å². The van der Waals surface area contributed by atoms with Gasteiger partial charge in [-0.05, 0) is 47.9 Å². The molecule has 0 atom stereocenters. The Morgan fingerprint density at radius 2 is 0.875 bits per heavy atom. The van der Waals surface area contributed by atoms with Gasteiger partial charge in [-0.15, -0.1) is 69.1 Å². The summed E-state index contributed by atoms with van der Waals surface area (Å²) in [6.07, 6.45) is 11.8. The van der Waals surface area contributed by atoms with E-state index in [1.807, 2.05) is 0 Å². The number of hydrogen-bond donors (Lipinski definition) is 0. The van der Waals surface area contributed by atoms with E-state index in [9.17, 15) is 0 Å². The molecule has 0 nitrogen and oxygen atoms in total. The summed E-state index contributed by atoms with van der Waals surface area (Å²) in [6.45, 7) is 14.5. The Labute approximate surface area is 310 Å². The predicted molar refractivity (Wildman–Crippen MR) is 212 cm³/mol. The molecule has 0 fully saturated rings. The maximum absolute atomic E-state index is 2.67. The maximum atomic E-state index is 2.67. The van der Waals surface area contributed by atoms with Crippen molar-refractivity contribution < 1.29 is 26.2 Å². The van der Waals surface area contributed by atoms with Gasteiger partial charge in [0.1, 0.15) is 0 Å². The summed E-state index contributed by atoms with van der Waals surface area (Å²) >= 11 is 0. The fourth-order valence-corrected chi connectivity index (χ4v) is 12.3. The van der Waals surface area contributed by atoms with Crippen LogP contribution in [0.4, 0.5) is 0 Å². The first kappa shape index (κ1) is 36.5. The molecule has 0 amide bonds. The second kappa shape index (κ2) is 16.3. The molecule has 0 saturated heterocycles. The molecule has 246 valence electrons. The molecule has 0 N–H and O–H groups in total. The quantitative estimate of drug-likeness (QED) is 0.0775. The Balaban J connectivity index is 0.00000451. The Kier molecular flexibility index (Phi) is 12.4. The van der Waals surface area contributed by atoms with Crippen LogP contribution in [-0.4, -0.2) is 8.07 Å². The molecule has 6 aromatic carbocycles. The molecule has 0 aliphatic heterocycles. The summed E-state index contributed by atoms with van der Waals surface area (Å²) in [5.41, 5.74) is 11.5. The molecule has 0 heterocycles. The van der Waals surface area contributed by atoms with Crippen LogP contribution in [0.15, 0.2) is 97.1 Å². The molecular formula is C46H54SiZr. The van der Waals surface area contributed by atoms with E-state index in [-0.39, 0.29) is 26.2 Å². The van der Waals surface area contributed by atoms with E-state index in [1.54, 1.807) is 21.5 Å². The van der Waals surface area contributed by atoms with E-state index >= 15 is 0 Å². The summed E-state index contributed by atoms with van der Waals surface area (Å²) < 4.78 is 0. The SMILES string of the molecule is CCCCc1[cH-]c2cccc(-c3ccc(CCC)cc3)c2c1[Si](C)(C)c1c(CCCC)[cH-]c2cccc(-c3ccc(CCC)cc3)c12.[Zr+2]. The van der Waals surface area contributed by atoms with E-state index in [4.69, 9.17) is 0 Å². The number of fused-ring (bicyclic) bond motifs is 2. The molecule has 6 rings (SSSR count). The van der Waals surface area contributed by atoms with Gasteiger partial charge in [-0.1, -0.05) is 151 Å². The van der Waals surface area contributed by atoms with Crippen LogP contribution in [0.3, 0.4) is 0 Å². The zero-order chi connectivity index (χ0) is 33.0. The third kappa shape index (κ3) is 7.22. The van der Waals surface area contributed by atoms with Gasteiger partial charge in [0.05, 0.1) is 0 Å². The Bertz CT molecular complexity index is 1790. The topological polar surface area (TPSA) is 0 Å². The van der Waals surface area contributed by atoms with Gasteiger partial charge in [-0.3, -0.25) is 0 Å². The van der Waals surface area contributed by atoms with E-state index in [2.05, 4.69) is 138 Å².